The van der Waals surface area contributed by atoms with E-state index in [4.69, 9.17) is 9.97 Å². The molecule has 3 heteroatoms. The lowest BCUT2D eigenvalue weighted by molar-refractivity contribution is 1.17. The maximum atomic E-state index is 5.60. The summed E-state index contributed by atoms with van der Waals surface area (Å²) in [5.41, 5.74) is 23.8. The SMILES string of the molecule is c1ccc(-c2ccc(-c3nc(-c4cc(-c5ccccc5)cc(-c5ccccc5)c4)cc(-c4cc(-c5ccccc5)c(-n5c6cccc(-c7ccccc7)c6c6c(-c7ccccc7)cccc65)c(-c5ccccc5)c4)n3)cc2)cc1. The first-order chi connectivity index (χ1) is 39.2. The van der Waals surface area contributed by atoms with Crippen LogP contribution in [0.15, 0.2) is 309 Å². The van der Waals surface area contributed by atoms with E-state index in [2.05, 4.69) is 314 Å². The highest BCUT2D eigenvalue weighted by Gasteiger charge is 2.25. The van der Waals surface area contributed by atoms with E-state index in [0.717, 1.165) is 100 Å². The molecule has 2 aromatic heterocycles. The molecule has 12 aromatic carbocycles. The Morgan fingerprint density at radius 2 is 0.506 bits per heavy atom. The molecule has 0 saturated carbocycles. The Morgan fingerprint density at radius 3 is 0.899 bits per heavy atom. The van der Waals surface area contributed by atoms with Gasteiger partial charge in [-0.3, -0.25) is 0 Å². The summed E-state index contributed by atoms with van der Waals surface area (Å²) >= 11 is 0. The van der Waals surface area contributed by atoms with Crippen LogP contribution in [0.5, 0.6) is 0 Å². The van der Waals surface area contributed by atoms with Crippen molar-refractivity contribution < 1.29 is 0 Å². The van der Waals surface area contributed by atoms with Crippen molar-refractivity contribution in [3.05, 3.63) is 309 Å². The fourth-order valence-corrected chi connectivity index (χ4v) is 11.4. The second-order valence-electron chi connectivity index (χ2n) is 20.1. The van der Waals surface area contributed by atoms with Gasteiger partial charge in [-0.05, 0) is 115 Å². The Hall–Kier alpha value is -10.5. The lowest BCUT2D eigenvalue weighted by Gasteiger charge is -2.21. The van der Waals surface area contributed by atoms with E-state index in [1.807, 2.05) is 0 Å². The molecular weight excluding hydrogens is 955 g/mol. The minimum atomic E-state index is 0.648. The van der Waals surface area contributed by atoms with Crippen LogP contribution in [0.4, 0.5) is 0 Å². The molecule has 0 atom stereocenters. The van der Waals surface area contributed by atoms with Crippen molar-refractivity contribution in [2.24, 2.45) is 0 Å². The zero-order valence-corrected chi connectivity index (χ0v) is 43.3. The van der Waals surface area contributed by atoms with E-state index in [1.165, 1.54) is 33.0 Å². The van der Waals surface area contributed by atoms with Gasteiger partial charge in [0.25, 0.3) is 0 Å². The summed E-state index contributed by atoms with van der Waals surface area (Å²) < 4.78 is 2.53. The number of hydrogen-bond donors (Lipinski definition) is 0. The molecule has 0 aliphatic rings. The fraction of sp³-hybridized carbons (Fsp3) is 0. The van der Waals surface area contributed by atoms with Gasteiger partial charge in [0.15, 0.2) is 5.82 Å². The minimum Gasteiger partial charge on any atom is -0.308 e. The van der Waals surface area contributed by atoms with Gasteiger partial charge < -0.3 is 4.57 Å². The van der Waals surface area contributed by atoms with Crippen LogP contribution < -0.4 is 0 Å². The van der Waals surface area contributed by atoms with Gasteiger partial charge in [-0.25, -0.2) is 9.97 Å². The first-order valence-corrected chi connectivity index (χ1v) is 27.0. The van der Waals surface area contributed by atoms with E-state index < -0.39 is 0 Å². The van der Waals surface area contributed by atoms with E-state index >= 15 is 0 Å². The van der Waals surface area contributed by atoms with Gasteiger partial charge in [0.2, 0.25) is 0 Å². The van der Waals surface area contributed by atoms with Gasteiger partial charge in [-0.2, -0.15) is 0 Å². The predicted molar refractivity (Wildman–Crippen MR) is 331 cm³/mol. The van der Waals surface area contributed by atoms with Crippen molar-refractivity contribution >= 4 is 21.8 Å². The Bertz CT molecular complexity index is 4250. The zero-order chi connectivity index (χ0) is 52.5. The Morgan fingerprint density at radius 1 is 0.203 bits per heavy atom. The van der Waals surface area contributed by atoms with Crippen molar-refractivity contribution in [3.8, 4) is 117 Å². The van der Waals surface area contributed by atoms with Crippen LogP contribution in [-0.4, -0.2) is 14.5 Å². The van der Waals surface area contributed by atoms with Crippen LogP contribution in [0.3, 0.4) is 0 Å². The molecule has 14 aromatic rings. The van der Waals surface area contributed by atoms with Crippen LogP contribution in [0, 0.1) is 0 Å². The molecule has 3 nitrogen and oxygen atoms in total. The number of fused-ring (bicyclic) bond motifs is 3. The van der Waals surface area contributed by atoms with E-state index in [-0.39, 0.29) is 0 Å². The van der Waals surface area contributed by atoms with Crippen LogP contribution in [0.25, 0.3) is 139 Å². The maximum Gasteiger partial charge on any atom is 0.160 e. The summed E-state index contributed by atoms with van der Waals surface area (Å²) in [6, 6.07) is 111. The zero-order valence-electron chi connectivity index (χ0n) is 43.3. The lowest BCUT2D eigenvalue weighted by atomic mass is 9.91. The summed E-state index contributed by atoms with van der Waals surface area (Å²) in [6.07, 6.45) is 0. The molecule has 0 bridgehead atoms. The largest absolute Gasteiger partial charge is 0.308 e. The molecule has 0 fully saturated rings. The monoisotopic (exact) mass is 1010 g/mol. The van der Waals surface area contributed by atoms with Gasteiger partial charge in [0.05, 0.1) is 28.1 Å². The van der Waals surface area contributed by atoms with Gasteiger partial charge in [0.1, 0.15) is 0 Å². The fourth-order valence-electron chi connectivity index (χ4n) is 11.4. The molecule has 0 N–H and O–H groups in total. The van der Waals surface area contributed by atoms with Crippen molar-refractivity contribution in [1.82, 2.24) is 14.5 Å². The molecule has 370 valence electrons. The number of aromatic nitrogens is 3. The van der Waals surface area contributed by atoms with Gasteiger partial charge in [0, 0.05) is 38.6 Å². The number of hydrogen-bond acceptors (Lipinski definition) is 2. The molecule has 0 radical (unpaired) electrons. The third-order valence-electron chi connectivity index (χ3n) is 15.2. The summed E-state index contributed by atoms with van der Waals surface area (Å²) in [5, 5.41) is 2.42. The molecule has 79 heavy (non-hydrogen) atoms. The molecule has 14 rings (SSSR count). The van der Waals surface area contributed by atoms with Crippen molar-refractivity contribution in [1.29, 1.82) is 0 Å². The molecule has 0 spiro atoms. The lowest BCUT2D eigenvalue weighted by Crippen LogP contribution is -2.03. The Balaban J connectivity index is 1.07. The molecular formula is C76H51N3. The Kier molecular flexibility index (Phi) is 12.2. The van der Waals surface area contributed by atoms with Crippen molar-refractivity contribution in [3.63, 3.8) is 0 Å². The summed E-state index contributed by atoms with van der Waals surface area (Å²) in [4.78, 5) is 11.1. The van der Waals surface area contributed by atoms with Crippen LogP contribution in [-0.2, 0) is 0 Å². The van der Waals surface area contributed by atoms with E-state index in [1.54, 1.807) is 0 Å². The smallest absolute Gasteiger partial charge is 0.160 e. The van der Waals surface area contributed by atoms with E-state index in [0.29, 0.717) is 5.82 Å². The molecule has 0 aliphatic heterocycles. The van der Waals surface area contributed by atoms with E-state index in [9.17, 15) is 0 Å². The van der Waals surface area contributed by atoms with Crippen LogP contribution in [0.2, 0.25) is 0 Å². The highest BCUT2D eigenvalue weighted by molar-refractivity contribution is 6.21. The quantitative estimate of drug-likeness (QED) is 0.129. The second kappa shape index (κ2) is 20.6. The minimum absolute atomic E-state index is 0.648. The van der Waals surface area contributed by atoms with Gasteiger partial charge >= 0.3 is 0 Å². The maximum absolute atomic E-state index is 5.60. The molecule has 2 heterocycles. The highest BCUT2D eigenvalue weighted by Crippen LogP contribution is 2.48. The summed E-state index contributed by atoms with van der Waals surface area (Å²) in [6.45, 7) is 0. The average molecular weight is 1010 g/mol. The molecule has 0 amide bonds. The number of nitrogens with zero attached hydrogens (tertiary/aromatic N) is 3. The summed E-state index contributed by atoms with van der Waals surface area (Å²) in [5.74, 6) is 0.648. The third kappa shape index (κ3) is 8.99. The van der Waals surface area contributed by atoms with Crippen molar-refractivity contribution in [2.45, 2.75) is 0 Å². The average Bonchev–Trinajstić information content (AvgIpc) is 4.15. The standard InChI is InChI=1S/C76H51N3/c1-8-24-52(25-9-1)55-42-44-60(45-43-55)76-77-69(63-47-61(53-26-10-2-11-27-53)46-62(48-63)54-28-12-3-13-29-54)51-70(78-76)64-49-67(58-34-18-6-19-35-58)75(68(50-64)59-36-20-7-21-37-59)79-71-40-22-38-65(56-30-14-4-15-31-56)73(71)74-66(39-23-41-72(74)79)57-32-16-5-17-33-57/h1-51H. The van der Waals surface area contributed by atoms with Gasteiger partial charge in [-0.1, -0.05) is 261 Å². The third-order valence-corrected chi connectivity index (χ3v) is 15.2. The normalized spacial score (nSPS) is 11.3. The molecule has 0 saturated heterocycles. The second-order valence-corrected chi connectivity index (χ2v) is 20.1. The van der Waals surface area contributed by atoms with Gasteiger partial charge in [-0.15, -0.1) is 0 Å². The highest BCUT2D eigenvalue weighted by atomic mass is 15.0. The number of rotatable bonds is 11. The van der Waals surface area contributed by atoms with Crippen molar-refractivity contribution in [2.75, 3.05) is 0 Å². The number of benzene rings is 12. The van der Waals surface area contributed by atoms with Crippen LogP contribution >= 0.6 is 0 Å². The molecule has 0 unspecified atom stereocenters. The summed E-state index contributed by atoms with van der Waals surface area (Å²) in [7, 11) is 0. The Labute approximate surface area is 460 Å². The molecule has 0 aliphatic carbocycles. The predicted octanol–water partition coefficient (Wildman–Crippen LogP) is 20.2. The first-order valence-electron chi connectivity index (χ1n) is 27.0. The van der Waals surface area contributed by atoms with Crippen LogP contribution in [0.1, 0.15) is 0 Å². The first kappa shape index (κ1) is 47.0. The topological polar surface area (TPSA) is 30.7 Å².